The van der Waals surface area contributed by atoms with E-state index in [2.05, 4.69) is 41.5 Å². The Morgan fingerprint density at radius 3 is 0.636 bits per heavy atom. The molecule has 0 heterocycles. The fourth-order valence-electron chi connectivity index (χ4n) is 5.65. The molecule has 3 atom stereocenters. The van der Waals surface area contributed by atoms with E-state index in [1.807, 2.05) is 0 Å². The maximum absolute atomic E-state index is 11.6. The molecule has 3 unspecified atom stereocenters. The van der Waals surface area contributed by atoms with Crippen molar-refractivity contribution >= 4 is 22.8 Å². The van der Waals surface area contributed by atoms with E-state index >= 15 is 0 Å². The van der Waals surface area contributed by atoms with Crippen LogP contribution in [-0.2, 0) is 44.0 Å². The van der Waals surface area contributed by atoms with Crippen LogP contribution in [0, 0.1) is 0 Å². The van der Waals surface area contributed by atoms with Gasteiger partial charge in [-0.1, -0.05) is 196 Å². The zero-order valence-electron chi connectivity index (χ0n) is 36.8. The molecule has 0 saturated carbocycles. The molecular weight excluding hydrogens is 800 g/mol. The first-order valence-corrected chi connectivity index (χ1v) is 27.9. The van der Waals surface area contributed by atoms with Gasteiger partial charge in [0.1, 0.15) is 22.8 Å². The molecule has 0 aromatic rings. The largest absolute Gasteiger partial charge is 3.00 e. The van der Waals surface area contributed by atoms with Crippen LogP contribution in [0.25, 0.3) is 0 Å². The summed E-state index contributed by atoms with van der Waals surface area (Å²) in [6.07, 6.45) is 33.1. The smallest absolute Gasteiger partial charge is 0.778 e. The summed E-state index contributed by atoms with van der Waals surface area (Å²) in [5, 5.41) is 0. The molecule has 0 amide bonds. The van der Waals surface area contributed by atoms with Gasteiger partial charge in [0.25, 0.3) is 0 Å². The third-order valence-electron chi connectivity index (χ3n) is 9.21. The summed E-state index contributed by atoms with van der Waals surface area (Å²) in [4.78, 5) is 34.7. The molecule has 0 N–H and O–H groups in total. The number of hydrogen-bond acceptors (Lipinski definition) is 9. The average Bonchev–Trinajstić information content (AvgIpc) is 3.13. The number of rotatable bonds is 39. The summed E-state index contributed by atoms with van der Waals surface area (Å²) >= 11 is 0. The zero-order valence-corrected chi connectivity index (χ0v) is 40.5. The van der Waals surface area contributed by atoms with Crippen LogP contribution in [0.1, 0.15) is 234 Å². The Morgan fingerprint density at radius 2 is 0.455 bits per heavy atom. The standard InChI is InChI=1S/3C14H31O3P.Co/c3*1-3-5-7-9-11-13-17-18(15,16)14-12-10-8-6-4-2;/h3*3-14H2,1-2H3,(H,15,16);/q;;;+3/p-3. The predicted octanol–water partition coefficient (Wildman–Crippen LogP) is 13.5. The molecule has 13 heteroatoms. The fraction of sp³-hybridized carbons (Fsp3) is 1.00. The molecule has 0 saturated heterocycles. The van der Waals surface area contributed by atoms with Gasteiger partial charge in [0, 0.05) is 18.5 Å². The Hall–Kier alpha value is 0.956. The van der Waals surface area contributed by atoms with E-state index in [-0.39, 0.29) is 35.3 Å². The second kappa shape index (κ2) is 47.6. The van der Waals surface area contributed by atoms with Gasteiger partial charge in [-0.3, -0.25) is 0 Å². The van der Waals surface area contributed by atoms with Crippen molar-refractivity contribution in [1.29, 1.82) is 0 Å². The first-order valence-electron chi connectivity index (χ1n) is 22.7. The Kier molecular flexibility index (Phi) is 54.2. The van der Waals surface area contributed by atoms with Crippen molar-refractivity contribution in [1.82, 2.24) is 0 Å². The quantitative estimate of drug-likeness (QED) is 0.0434. The summed E-state index contributed by atoms with van der Waals surface area (Å²) in [6, 6.07) is 0. The van der Waals surface area contributed by atoms with Gasteiger partial charge in [0.05, 0.1) is 19.8 Å². The van der Waals surface area contributed by atoms with Gasteiger partial charge in [-0.15, -0.1) is 0 Å². The maximum atomic E-state index is 11.6. The first-order chi connectivity index (χ1) is 25.9. The zero-order chi connectivity index (χ0) is 41.1. The number of unbranched alkanes of at least 4 members (excludes halogenated alkanes) is 24. The van der Waals surface area contributed by atoms with Crippen molar-refractivity contribution < 1.29 is 58.7 Å². The molecule has 0 spiro atoms. The Bertz CT molecular complexity index is 774. The SMILES string of the molecule is CCCCCCCOP(=O)([O-])CCCCCCC.CCCCCCCOP(=O)([O-])CCCCCCC.CCCCCCCOP(=O)([O-])CCCCCCC.[Co+3]. The first kappa shape index (κ1) is 62.6. The van der Waals surface area contributed by atoms with Gasteiger partial charge in [-0.2, -0.15) is 0 Å². The summed E-state index contributed by atoms with van der Waals surface area (Å²) in [5.41, 5.74) is 0. The normalized spacial score (nSPS) is 14.3. The molecule has 0 aliphatic carbocycles. The Labute approximate surface area is 352 Å². The van der Waals surface area contributed by atoms with Gasteiger partial charge in [-0.25, -0.2) is 0 Å². The molecule has 0 aliphatic heterocycles. The number of hydrogen-bond donors (Lipinski definition) is 0. The van der Waals surface area contributed by atoms with E-state index in [0.717, 1.165) is 96.3 Å². The van der Waals surface area contributed by atoms with Crippen molar-refractivity contribution in [3.05, 3.63) is 0 Å². The average molecular weight is 891 g/mol. The van der Waals surface area contributed by atoms with E-state index in [4.69, 9.17) is 13.6 Å². The van der Waals surface area contributed by atoms with Crippen molar-refractivity contribution in [2.75, 3.05) is 38.3 Å². The maximum Gasteiger partial charge on any atom is 3.00 e. The van der Waals surface area contributed by atoms with Gasteiger partial charge >= 0.3 is 16.8 Å². The van der Waals surface area contributed by atoms with E-state index < -0.39 is 22.8 Å². The van der Waals surface area contributed by atoms with Crippen LogP contribution in [0.4, 0.5) is 0 Å². The minimum Gasteiger partial charge on any atom is -0.778 e. The molecule has 0 aromatic heterocycles. The van der Waals surface area contributed by atoms with Crippen molar-refractivity contribution in [2.24, 2.45) is 0 Å². The third-order valence-corrected chi connectivity index (χ3v) is 13.5. The molecule has 0 fully saturated rings. The Balaban J connectivity index is -0.000000351. The van der Waals surface area contributed by atoms with Crippen LogP contribution >= 0.6 is 22.8 Å². The van der Waals surface area contributed by atoms with Gasteiger partial charge in [-0.05, 0) is 38.5 Å². The van der Waals surface area contributed by atoms with Crippen LogP contribution < -0.4 is 14.7 Å². The molecule has 0 aromatic carbocycles. The second-order valence-electron chi connectivity index (χ2n) is 15.0. The Morgan fingerprint density at radius 1 is 0.291 bits per heavy atom. The van der Waals surface area contributed by atoms with Gasteiger partial charge in [0.15, 0.2) is 0 Å². The van der Waals surface area contributed by atoms with E-state index in [1.54, 1.807) is 0 Å². The van der Waals surface area contributed by atoms with Crippen molar-refractivity contribution in [3.8, 4) is 0 Å². The fourth-order valence-corrected chi connectivity index (χ4v) is 9.09. The van der Waals surface area contributed by atoms with Gasteiger partial charge in [0.2, 0.25) is 0 Å². The van der Waals surface area contributed by atoms with Crippen LogP contribution in [0.5, 0.6) is 0 Å². The van der Waals surface area contributed by atoms with Gasteiger partial charge < -0.3 is 41.9 Å². The van der Waals surface area contributed by atoms with Crippen LogP contribution in [0.2, 0.25) is 0 Å². The van der Waals surface area contributed by atoms with E-state index in [9.17, 15) is 28.4 Å². The molecule has 0 aliphatic rings. The van der Waals surface area contributed by atoms with Crippen molar-refractivity contribution in [3.63, 3.8) is 0 Å². The molecule has 0 rings (SSSR count). The van der Waals surface area contributed by atoms with E-state index in [1.165, 1.54) is 96.3 Å². The summed E-state index contributed by atoms with van der Waals surface area (Å²) in [5.74, 6) is 0. The predicted molar refractivity (Wildman–Crippen MR) is 228 cm³/mol. The monoisotopic (exact) mass is 891 g/mol. The molecular formula is C42H90CoO9P3. The van der Waals surface area contributed by atoms with Crippen LogP contribution in [0.3, 0.4) is 0 Å². The summed E-state index contributed by atoms with van der Waals surface area (Å²) in [6.45, 7) is 14.1. The molecule has 0 bridgehead atoms. The van der Waals surface area contributed by atoms with Crippen LogP contribution in [-0.4, -0.2) is 38.3 Å². The minimum atomic E-state index is -3.55. The minimum absolute atomic E-state index is 0. The molecule has 336 valence electrons. The summed E-state index contributed by atoms with van der Waals surface area (Å²) in [7, 11) is -10.6. The molecule has 9 nitrogen and oxygen atoms in total. The molecule has 0 radical (unpaired) electrons. The second-order valence-corrected chi connectivity index (χ2v) is 20.8. The summed E-state index contributed by atoms with van der Waals surface area (Å²) < 4.78 is 49.7. The van der Waals surface area contributed by atoms with E-state index in [0.29, 0.717) is 19.8 Å². The molecule has 55 heavy (non-hydrogen) atoms. The topological polar surface area (TPSA) is 148 Å². The van der Waals surface area contributed by atoms with Crippen molar-refractivity contribution in [2.45, 2.75) is 234 Å². The van der Waals surface area contributed by atoms with Crippen LogP contribution in [0.15, 0.2) is 0 Å². The third kappa shape index (κ3) is 57.1.